The van der Waals surface area contributed by atoms with Crippen LogP contribution in [0.3, 0.4) is 0 Å². The van der Waals surface area contributed by atoms with Crippen LogP contribution in [-0.4, -0.2) is 14.8 Å². The molecule has 2 bridgehead atoms. The van der Waals surface area contributed by atoms with Gasteiger partial charge in [-0.1, -0.05) is 36.8 Å². The Morgan fingerprint density at radius 3 is 2.75 bits per heavy atom. The Bertz CT molecular complexity index is 658. The van der Waals surface area contributed by atoms with Crippen LogP contribution in [0.15, 0.2) is 30.3 Å². The van der Waals surface area contributed by atoms with Gasteiger partial charge in [0.1, 0.15) is 0 Å². The molecule has 3 nitrogen and oxygen atoms in total. The van der Waals surface area contributed by atoms with Gasteiger partial charge in [0.2, 0.25) is 0 Å². The minimum absolute atomic E-state index is 0.756. The van der Waals surface area contributed by atoms with E-state index in [2.05, 4.69) is 39.0 Å². The minimum Gasteiger partial charge on any atom is -0.300 e. The predicted octanol–water partition coefficient (Wildman–Crippen LogP) is 4.04. The highest BCUT2D eigenvalue weighted by Gasteiger charge is 2.39. The SMILES string of the molecule is S=c1[nH]nc(-c2ccccc2)n1CC1CC2CCC1C2. The first-order chi connectivity index (χ1) is 9.81. The third-order valence-corrected chi connectivity index (χ3v) is 5.40. The Labute approximate surface area is 124 Å². The fourth-order valence-corrected chi connectivity index (χ4v) is 4.34. The van der Waals surface area contributed by atoms with Crippen LogP contribution in [0.25, 0.3) is 11.4 Å². The van der Waals surface area contributed by atoms with Gasteiger partial charge in [-0.15, -0.1) is 0 Å². The van der Waals surface area contributed by atoms with Crippen molar-refractivity contribution in [2.45, 2.75) is 32.2 Å². The number of nitrogens with one attached hydrogen (secondary N) is 1. The van der Waals surface area contributed by atoms with E-state index in [-0.39, 0.29) is 0 Å². The van der Waals surface area contributed by atoms with Gasteiger partial charge in [0, 0.05) is 12.1 Å². The molecule has 2 saturated carbocycles. The van der Waals surface area contributed by atoms with Gasteiger partial charge in [0.05, 0.1) is 0 Å². The zero-order valence-corrected chi connectivity index (χ0v) is 12.3. The average Bonchev–Trinajstić information content (AvgIpc) is 3.17. The summed E-state index contributed by atoms with van der Waals surface area (Å²) in [6.45, 7) is 1.03. The number of fused-ring (bicyclic) bond motifs is 2. The Morgan fingerprint density at radius 2 is 2.05 bits per heavy atom. The smallest absolute Gasteiger partial charge is 0.195 e. The van der Waals surface area contributed by atoms with Crippen LogP contribution < -0.4 is 0 Å². The first-order valence-corrected chi connectivity index (χ1v) is 7.92. The van der Waals surface area contributed by atoms with Gasteiger partial charge in [0.25, 0.3) is 0 Å². The molecule has 4 rings (SSSR count). The lowest BCUT2D eigenvalue weighted by atomic mass is 9.89. The van der Waals surface area contributed by atoms with Crippen molar-refractivity contribution in [3.63, 3.8) is 0 Å². The molecule has 2 fully saturated rings. The summed E-state index contributed by atoms with van der Waals surface area (Å²) in [6, 6.07) is 10.3. The largest absolute Gasteiger partial charge is 0.300 e. The van der Waals surface area contributed by atoms with Crippen molar-refractivity contribution in [2.75, 3.05) is 0 Å². The van der Waals surface area contributed by atoms with Crippen LogP contribution >= 0.6 is 12.2 Å². The van der Waals surface area contributed by atoms with Gasteiger partial charge < -0.3 is 0 Å². The van der Waals surface area contributed by atoms with Crippen molar-refractivity contribution in [3.8, 4) is 11.4 Å². The maximum absolute atomic E-state index is 5.44. The molecule has 0 spiro atoms. The van der Waals surface area contributed by atoms with E-state index in [4.69, 9.17) is 12.2 Å². The van der Waals surface area contributed by atoms with Crippen LogP contribution in [0.4, 0.5) is 0 Å². The van der Waals surface area contributed by atoms with Gasteiger partial charge >= 0.3 is 0 Å². The molecule has 3 atom stereocenters. The second-order valence-electron chi connectivity index (χ2n) is 6.26. The zero-order chi connectivity index (χ0) is 13.5. The lowest BCUT2D eigenvalue weighted by Gasteiger charge is -2.22. The van der Waals surface area contributed by atoms with Gasteiger partial charge in [-0.05, 0) is 49.2 Å². The molecule has 4 heteroatoms. The molecule has 2 aliphatic rings. The highest BCUT2D eigenvalue weighted by atomic mass is 32.1. The first kappa shape index (κ1) is 12.3. The monoisotopic (exact) mass is 285 g/mol. The topological polar surface area (TPSA) is 33.6 Å². The highest BCUT2D eigenvalue weighted by molar-refractivity contribution is 7.71. The lowest BCUT2D eigenvalue weighted by molar-refractivity contribution is 0.295. The molecule has 1 aromatic heterocycles. The van der Waals surface area contributed by atoms with E-state index in [0.29, 0.717) is 0 Å². The maximum atomic E-state index is 5.44. The molecule has 1 aromatic carbocycles. The normalized spacial score (nSPS) is 28.1. The molecule has 1 N–H and O–H groups in total. The molecule has 20 heavy (non-hydrogen) atoms. The molecule has 3 unspecified atom stereocenters. The van der Waals surface area contributed by atoms with Gasteiger partial charge in [0.15, 0.2) is 10.6 Å². The van der Waals surface area contributed by atoms with Crippen molar-refractivity contribution in [1.29, 1.82) is 0 Å². The molecule has 0 radical (unpaired) electrons. The van der Waals surface area contributed by atoms with E-state index in [1.54, 1.807) is 0 Å². The molecule has 0 aliphatic heterocycles. The summed E-state index contributed by atoms with van der Waals surface area (Å²) in [4.78, 5) is 0. The maximum Gasteiger partial charge on any atom is 0.195 e. The first-order valence-electron chi connectivity index (χ1n) is 7.52. The van der Waals surface area contributed by atoms with Crippen LogP contribution in [0.5, 0.6) is 0 Å². The third-order valence-electron chi connectivity index (χ3n) is 5.09. The van der Waals surface area contributed by atoms with Crippen molar-refractivity contribution >= 4 is 12.2 Å². The van der Waals surface area contributed by atoms with Crippen LogP contribution in [0, 0.1) is 22.5 Å². The quantitative estimate of drug-likeness (QED) is 0.863. The summed E-state index contributed by atoms with van der Waals surface area (Å²) in [7, 11) is 0. The number of aromatic amines is 1. The summed E-state index contributed by atoms with van der Waals surface area (Å²) >= 11 is 5.44. The number of aromatic nitrogens is 3. The van der Waals surface area contributed by atoms with E-state index in [9.17, 15) is 0 Å². The molecule has 2 aromatic rings. The average molecular weight is 285 g/mol. The number of rotatable bonds is 3. The zero-order valence-electron chi connectivity index (χ0n) is 11.5. The van der Waals surface area contributed by atoms with Gasteiger partial charge in [-0.25, -0.2) is 0 Å². The van der Waals surface area contributed by atoms with E-state index < -0.39 is 0 Å². The second-order valence-corrected chi connectivity index (χ2v) is 6.65. The summed E-state index contributed by atoms with van der Waals surface area (Å²) in [5.74, 6) is 3.67. The van der Waals surface area contributed by atoms with E-state index >= 15 is 0 Å². The summed E-state index contributed by atoms with van der Waals surface area (Å²) in [5.41, 5.74) is 1.14. The summed E-state index contributed by atoms with van der Waals surface area (Å²) < 4.78 is 2.96. The fourth-order valence-electron chi connectivity index (χ4n) is 4.13. The van der Waals surface area contributed by atoms with Crippen LogP contribution in [0.2, 0.25) is 0 Å². The predicted molar refractivity (Wildman–Crippen MR) is 81.8 cm³/mol. The molecule has 2 aliphatic carbocycles. The minimum atomic E-state index is 0.756. The number of hydrogen-bond donors (Lipinski definition) is 1. The van der Waals surface area contributed by atoms with E-state index in [1.165, 1.54) is 25.7 Å². The lowest BCUT2D eigenvalue weighted by Crippen LogP contribution is -2.18. The van der Waals surface area contributed by atoms with Crippen LogP contribution in [-0.2, 0) is 6.54 Å². The Hall–Kier alpha value is -1.42. The van der Waals surface area contributed by atoms with Gasteiger partial charge in [-0.3, -0.25) is 9.67 Å². The Kier molecular flexibility index (Phi) is 2.99. The highest BCUT2D eigenvalue weighted by Crippen LogP contribution is 2.49. The van der Waals surface area contributed by atoms with E-state index in [0.717, 1.165) is 40.5 Å². The molecule has 0 amide bonds. The third kappa shape index (κ3) is 2.03. The van der Waals surface area contributed by atoms with Crippen molar-refractivity contribution < 1.29 is 0 Å². The summed E-state index contributed by atoms with van der Waals surface area (Å²) in [5, 5.41) is 7.41. The van der Waals surface area contributed by atoms with Crippen LogP contribution in [0.1, 0.15) is 25.7 Å². The van der Waals surface area contributed by atoms with Gasteiger partial charge in [-0.2, -0.15) is 5.10 Å². The molecular weight excluding hydrogens is 266 g/mol. The van der Waals surface area contributed by atoms with Crippen molar-refractivity contribution in [2.24, 2.45) is 17.8 Å². The Morgan fingerprint density at radius 1 is 1.20 bits per heavy atom. The standard InChI is InChI=1S/C16H19N3S/c20-16-18-17-15(12-4-2-1-3-5-12)19(16)10-14-9-11-6-7-13(14)8-11/h1-5,11,13-14H,6-10H2,(H,18,20). The summed E-state index contributed by atoms with van der Waals surface area (Å²) in [6.07, 6.45) is 5.69. The molecule has 104 valence electrons. The molecular formula is C16H19N3S. The van der Waals surface area contributed by atoms with Crippen molar-refractivity contribution in [3.05, 3.63) is 35.1 Å². The number of H-pyrrole nitrogens is 1. The second kappa shape index (κ2) is 4.85. The molecule has 0 saturated heterocycles. The van der Waals surface area contributed by atoms with Crippen molar-refractivity contribution in [1.82, 2.24) is 14.8 Å². The number of benzene rings is 1. The number of hydrogen-bond acceptors (Lipinski definition) is 2. The molecule has 1 heterocycles. The fraction of sp³-hybridized carbons (Fsp3) is 0.500. The van der Waals surface area contributed by atoms with E-state index in [1.807, 2.05) is 6.07 Å². The number of nitrogens with zero attached hydrogens (tertiary/aromatic N) is 2. The Balaban J connectivity index is 1.65.